The minimum Gasteiger partial charge on any atom is -0.310 e. The fraction of sp³-hybridized carbons (Fsp3) is 0.0714. The number of benzene rings is 8. The second kappa shape index (κ2) is 16.7. The molecule has 0 saturated heterocycles. The summed E-state index contributed by atoms with van der Waals surface area (Å²) in [5, 5.41) is 0. The monoisotopic (exact) mass is 774 g/mol. The molecule has 0 fully saturated rings. The molecule has 9 rings (SSSR count). The van der Waals surface area contributed by atoms with Crippen molar-refractivity contribution in [1.82, 2.24) is 9.97 Å². The van der Waals surface area contributed by atoms with Crippen LogP contribution >= 0.6 is 0 Å². The average Bonchev–Trinajstić information content (AvgIpc) is 3.31. The Morgan fingerprint density at radius 2 is 0.783 bits per heavy atom. The fourth-order valence-corrected chi connectivity index (χ4v) is 7.75. The van der Waals surface area contributed by atoms with Gasteiger partial charge >= 0.3 is 0 Å². The molecular weight excluding hydrogens is 729 g/mol. The summed E-state index contributed by atoms with van der Waals surface area (Å²) in [4.78, 5) is 15.4. The van der Waals surface area contributed by atoms with E-state index in [1.807, 2.05) is 24.3 Å². The molecule has 1 aromatic heterocycles. The van der Waals surface area contributed by atoms with Gasteiger partial charge in [0.15, 0.2) is 5.82 Å². The minimum absolute atomic E-state index is 0.217. The van der Waals surface area contributed by atoms with Crippen LogP contribution in [0, 0.1) is 0 Å². The Labute approximate surface area is 353 Å². The average molecular weight is 775 g/mol. The number of nitrogens with zero attached hydrogens (tertiary/aromatic N) is 4. The second-order valence-corrected chi connectivity index (χ2v) is 15.9. The highest BCUT2D eigenvalue weighted by atomic mass is 15.2. The lowest BCUT2D eigenvalue weighted by Gasteiger charge is -2.35. The molecule has 290 valence electrons. The first kappa shape index (κ1) is 38.0. The van der Waals surface area contributed by atoms with Crippen LogP contribution in [-0.2, 0) is 5.41 Å². The van der Waals surface area contributed by atoms with Crippen LogP contribution in [0.2, 0.25) is 0 Å². The Kier molecular flexibility index (Phi) is 10.6. The lowest BCUT2D eigenvalue weighted by atomic mass is 9.84. The number of para-hydroxylation sites is 2. The van der Waals surface area contributed by atoms with E-state index < -0.39 is 0 Å². The summed E-state index contributed by atoms with van der Waals surface area (Å²) < 4.78 is 0. The van der Waals surface area contributed by atoms with Gasteiger partial charge < -0.3 is 4.90 Å². The first-order valence-corrected chi connectivity index (χ1v) is 20.5. The van der Waals surface area contributed by atoms with Crippen LogP contribution in [0.4, 0.5) is 34.3 Å². The molecule has 9 aromatic rings. The highest BCUT2D eigenvalue weighted by molar-refractivity contribution is 5.99. The van der Waals surface area contributed by atoms with Crippen LogP contribution < -0.4 is 9.80 Å². The smallest absolute Gasteiger partial charge is 0.162 e. The highest BCUT2D eigenvalue weighted by Crippen LogP contribution is 2.51. The molecule has 0 unspecified atom stereocenters. The molecule has 4 heteroatoms. The van der Waals surface area contributed by atoms with Gasteiger partial charge in [-0.3, -0.25) is 4.90 Å². The molecule has 8 aromatic carbocycles. The summed E-state index contributed by atoms with van der Waals surface area (Å²) in [5.74, 6) is 1.42. The van der Waals surface area contributed by atoms with E-state index in [0.717, 1.165) is 67.8 Å². The van der Waals surface area contributed by atoms with Gasteiger partial charge in [-0.2, -0.15) is 0 Å². The van der Waals surface area contributed by atoms with E-state index in [2.05, 4.69) is 231 Å². The van der Waals surface area contributed by atoms with Gasteiger partial charge in [0.2, 0.25) is 0 Å². The van der Waals surface area contributed by atoms with Crippen LogP contribution in [-0.4, -0.2) is 9.97 Å². The van der Waals surface area contributed by atoms with E-state index in [9.17, 15) is 0 Å². The maximum Gasteiger partial charge on any atom is 0.162 e. The first-order valence-electron chi connectivity index (χ1n) is 20.5. The van der Waals surface area contributed by atoms with Gasteiger partial charge in [0, 0.05) is 39.8 Å². The Hall–Kier alpha value is -7.56. The molecule has 4 nitrogen and oxygen atoms in total. The van der Waals surface area contributed by atoms with E-state index in [1.165, 1.54) is 11.1 Å². The van der Waals surface area contributed by atoms with Crippen molar-refractivity contribution in [3.05, 3.63) is 230 Å². The highest BCUT2D eigenvalue weighted by Gasteiger charge is 2.29. The van der Waals surface area contributed by atoms with Crippen molar-refractivity contribution in [2.24, 2.45) is 0 Å². The fourth-order valence-electron chi connectivity index (χ4n) is 7.75. The lowest BCUT2D eigenvalue weighted by Crippen LogP contribution is -2.20. The molecule has 0 aliphatic rings. The van der Waals surface area contributed by atoms with Gasteiger partial charge in [0.05, 0.1) is 17.1 Å². The van der Waals surface area contributed by atoms with E-state index in [-0.39, 0.29) is 5.41 Å². The number of hydrogen-bond acceptors (Lipinski definition) is 4. The third-order valence-corrected chi connectivity index (χ3v) is 10.8. The van der Waals surface area contributed by atoms with Crippen molar-refractivity contribution in [2.75, 3.05) is 9.80 Å². The summed E-state index contributed by atoms with van der Waals surface area (Å²) in [5.41, 5.74) is 13.4. The number of anilines is 6. The standard InChI is InChI=1S/C56H46N4/c1-56(2,3)46-38-51(59(47-32-18-8-19-33-47)49-36-22-31-45(37-49)41-23-10-4-11-24-41)54(43-27-14-6-15-28-43)52(39-46)60(48-34-20-9-21-35-48)53-40-50(42-25-12-5-13-26-42)57-55(58-53)44-29-16-7-17-30-44/h4-40H,1-3H3. The van der Waals surface area contributed by atoms with Gasteiger partial charge in [-0.1, -0.05) is 191 Å². The Balaban J connectivity index is 1.39. The quantitative estimate of drug-likeness (QED) is 0.139. The van der Waals surface area contributed by atoms with Gasteiger partial charge in [-0.25, -0.2) is 9.97 Å². The molecule has 60 heavy (non-hydrogen) atoms. The molecule has 0 spiro atoms. The van der Waals surface area contributed by atoms with Crippen molar-refractivity contribution in [1.29, 1.82) is 0 Å². The normalized spacial score (nSPS) is 11.2. The second-order valence-electron chi connectivity index (χ2n) is 15.9. The molecule has 0 bridgehead atoms. The zero-order chi connectivity index (χ0) is 40.9. The van der Waals surface area contributed by atoms with Gasteiger partial charge in [-0.15, -0.1) is 0 Å². The molecule has 0 amide bonds. The predicted molar refractivity (Wildman–Crippen MR) is 252 cm³/mol. The topological polar surface area (TPSA) is 32.3 Å². The molecule has 1 heterocycles. The molecule has 0 aliphatic carbocycles. The zero-order valence-corrected chi connectivity index (χ0v) is 34.2. The number of hydrogen-bond donors (Lipinski definition) is 0. The number of rotatable bonds is 10. The summed E-state index contributed by atoms with van der Waals surface area (Å²) in [6.45, 7) is 6.87. The van der Waals surface area contributed by atoms with Crippen molar-refractivity contribution in [2.45, 2.75) is 26.2 Å². The SMILES string of the molecule is CC(C)(C)c1cc(N(c2ccccc2)c2cccc(-c3ccccc3)c2)c(-c2ccccc2)c(N(c2ccccc2)c2cc(-c3ccccc3)nc(-c3ccccc3)n2)c1. The summed E-state index contributed by atoms with van der Waals surface area (Å²) in [6.07, 6.45) is 0. The molecule has 0 atom stereocenters. The lowest BCUT2D eigenvalue weighted by molar-refractivity contribution is 0.590. The van der Waals surface area contributed by atoms with Gasteiger partial charge in [0.25, 0.3) is 0 Å². The molecule has 0 N–H and O–H groups in total. The van der Waals surface area contributed by atoms with Crippen LogP contribution in [0.15, 0.2) is 224 Å². The minimum atomic E-state index is -0.217. The zero-order valence-electron chi connectivity index (χ0n) is 34.2. The number of aromatic nitrogens is 2. The van der Waals surface area contributed by atoms with Crippen molar-refractivity contribution >= 4 is 34.3 Å². The predicted octanol–water partition coefficient (Wildman–Crippen LogP) is 15.4. The Bertz CT molecular complexity index is 2760. The van der Waals surface area contributed by atoms with Crippen LogP contribution in [0.25, 0.3) is 44.9 Å². The van der Waals surface area contributed by atoms with Crippen LogP contribution in [0.3, 0.4) is 0 Å². The molecule has 0 radical (unpaired) electrons. The van der Waals surface area contributed by atoms with Crippen LogP contribution in [0.1, 0.15) is 26.3 Å². The van der Waals surface area contributed by atoms with E-state index in [1.54, 1.807) is 0 Å². The third-order valence-electron chi connectivity index (χ3n) is 10.8. The van der Waals surface area contributed by atoms with Gasteiger partial charge in [0.1, 0.15) is 5.82 Å². The van der Waals surface area contributed by atoms with Crippen molar-refractivity contribution in [3.63, 3.8) is 0 Å². The van der Waals surface area contributed by atoms with E-state index in [4.69, 9.17) is 9.97 Å². The third kappa shape index (κ3) is 7.96. The Morgan fingerprint density at radius 1 is 0.350 bits per heavy atom. The molecule has 0 aliphatic heterocycles. The van der Waals surface area contributed by atoms with E-state index >= 15 is 0 Å². The van der Waals surface area contributed by atoms with E-state index in [0.29, 0.717) is 5.82 Å². The van der Waals surface area contributed by atoms with Gasteiger partial charge in [-0.05, 0) is 76.2 Å². The summed E-state index contributed by atoms with van der Waals surface area (Å²) in [7, 11) is 0. The Morgan fingerprint density at radius 3 is 1.33 bits per heavy atom. The summed E-state index contributed by atoms with van der Waals surface area (Å²) >= 11 is 0. The van der Waals surface area contributed by atoms with Crippen LogP contribution in [0.5, 0.6) is 0 Å². The van der Waals surface area contributed by atoms with Crippen molar-refractivity contribution < 1.29 is 0 Å². The first-order chi connectivity index (χ1) is 29.4. The summed E-state index contributed by atoms with van der Waals surface area (Å²) in [6, 6.07) is 79.1. The maximum atomic E-state index is 5.45. The molecular formula is C56H46N4. The largest absolute Gasteiger partial charge is 0.310 e. The molecule has 0 saturated carbocycles. The maximum absolute atomic E-state index is 5.45. The van der Waals surface area contributed by atoms with Crippen molar-refractivity contribution in [3.8, 4) is 44.9 Å².